The lowest BCUT2D eigenvalue weighted by Gasteiger charge is -2.30. The summed E-state index contributed by atoms with van der Waals surface area (Å²) in [6, 6.07) is 8.50. The zero-order valence-electron chi connectivity index (χ0n) is 30.2. The number of aryl methyl sites for hydroxylation is 2. The van der Waals surface area contributed by atoms with E-state index >= 15 is 0 Å². The number of hydrogen-bond acceptors (Lipinski definition) is 10. The van der Waals surface area contributed by atoms with Crippen molar-refractivity contribution in [3.05, 3.63) is 40.5 Å². The molecule has 0 aliphatic rings. The topological polar surface area (TPSA) is 118 Å². The van der Waals surface area contributed by atoms with E-state index in [2.05, 4.69) is 96.5 Å². The third-order valence-corrected chi connectivity index (χ3v) is 10.9. The van der Waals surface area contributed by atoms with Crippen molar-refractivity contribution < 1.29 is 4.79 Å². The van der Waals surface area contributed by atoms with Gasteiger partial charge in [-0.15, -0.1) is 20.5 Å². The van der Waals surface area contributed by atoms with Crippen LogP contribution in [0.3, 0.4) is 0 Å². The van der Waals surface area contributed by atoms with Crippen LogP contribution >= 0.6 is 22.7 Å². The Labute approximate surface area is 296 Å². The van der Waals surface area contributed by atoms with E-state index in [0.717, 1.165) is 66.3 Å². The van der Waals surface area contributed by atoms with Gasteiger partial charge in [0.1, 0.15) is 11.1 Å². The molecule has 0 aliphatic heterocycles. The van der Waals surface area contributed by atoms with Gasteiger partial charge < -0.3 is 10.2 Å². The van der Waals surface area contributed by atoms with Crippen LogP contribution in [0.15, 0.2) is 38.7 Å². The average Bonchev–Trinajstić information content (AvgIpc) is 3.63. The van der Waals surface area contributed by atoms with Crippen LogP contribution < -0.4 is 10.2 Å². The van der Waals surface area contributed by atoms with Crippen molar-refractivity contribution in [2.75, 3.05) is 23.3 Å². The van der Waals surface area contributed by atoms with Crippen LogP contribution in [0, 0.1) is 30.1 Å². The Hall–Kier alpha value is -3.49. The first-order chi connectivity index (χ1) is 23.2. The number of unbranched alkanes of at least 4 members (excludes halogenated alkanes) is 2. The largest absolute Gasteiger partial charge is 0.347 e. The fourth-order valence-corrected chi connectivity index (χ4v) is 7.52. The second-order valence-corrected chi connectivity index (χ2v) is 14.4. The van der Waals surface area contributed by atoms with E-state index in [4.69, 9.17) is 4.98 Å². The summed E-state index contributed by atoms with van der Waals surface area (Å²) in [7, 11) is 0. The summed E-state index contributed by atoms with van der Waals surface area (Å²) in [4.78, 5) is 19.6. The van der Waals surface area contributed by atoms with Gasteiger partial charge in [0.2, 0.25) is 5.91 Å². The van der Waals surface area contributed by atoms with Gasteiger partial charge in [0.15, 0.2) is 21.0 Å². The van der Waals surface area contributed by atoms with Crippen LogP contribution in [0.25, 0.3) is 0 Å². The highest BCUT2D eigenvalue weighted by Crippen LogP contribution is 2.44. The summed E-state index contributed by atoms with van der Waals surface area (Å²) < 4.78 is 0. The number of anilines is 2. The molecule has 2 unspecified atom stereocenters. The highest BCUT2D eigenvalue weighted by Gasteiger charge is 2.23. The Bertz CT molecular complexity index is 1530. The first-order valence-corrected chi connectivity index (χ1v) is 19.4. The van der Waals surface area contributed by atoms with Crippen molar-refractivity contribution in [3.8, 4) is 6.07 Å². The smallest absolute Gasteiger partial charge is 0.222 e. The van der Waals surface area contributed by atoms with Gasteiger partial charge in [0.25, 0.3) is 0 Å². The SMILES string of the molecule is CCCCC(CC)CN(CC(CC)CCCC)c1nc(NC(C)=O)c(N=Nc2sc(N=Nc3c(CC)cccc3CC)c(C)c2C#N)s1. The van der Waals surface area contributed by atoms with Crippen LogP contribution in [0.1, 0.15) is 122 Å². The molecular formula is C37H54N8OS2. The molecule has 0 spiro atoms. The molecule has 9 nitrogen and oxygen atoms in total. The molecule has 0 saturated heterocycles. The number of carbonyl (C=O) groups excluding carboxylic acids is 1. The number of azo groups is 2. The van der Waals surface area contributed by atoms with Crippen molar-refractivity contribution >= 4 is 60.2 Å². The Morgan fingerprint density at radius 1 is 0.875 bits per heavy atom. The van der Waals surface area contributed by atoms with Crippen molar-refractivity contribution in [3.63, 3.8) is 0 Å². The zero-order chi connectivity index (χ0) is 35.1. The molecule has 11 heteroatoms. The summed E-state index contributed by atoms with van der Waals surface area (Å²) >= 11 is 2.73. The van der Waals surface area contributed by atoms with Crippen molar-refractivity contribution in [1.82, 2.24) is 4.98 Å². The second kappa shape index (κ2) is 20.1. The van der Waals surface area contributed by atoms with E-state index in [-0.39, 0.29) is 5.91 Å². The fraction of sp³-hybridized carbons (Fsp3) is 0.595. The van der Waals surface area contributed by atoms with E-state index < -0.39 is 0 Å². The second-order valence-electron chi connectivity index (χ2n) is 12.4. The maximum atomic E-state index is 12.2. The van der Waals surface area contributed by atoms with Gasteiger partial charge >= 0.3 is 0 Å². The van der Waals surface area contributed by atoms with E-state index in [1.54, 1.807) is 0 Å². The molecule has 2 atom stereocenters. The van der Waals surface area contributed by atoms with Gasteiger partial charge in [-0.2, -0.15) is 5.26 Å². The van der Waals surface area contributed by atoms with Gasteiger partial charge in [-0.05, 0) is 55.6 Å². The molecule has 0 bridgehead atoms. The van der Waals surface area contributed by atoms with Crippen LogP contribution in [0.4, 0.5) is 31.6 Å². The number of thiazole rings is 1. The molecule has 1 aromatic carbocycles. The first-order valence-electron chi connectivity index (χ1n) is 17.7. The zero-order valence-corrected chi connectivity index (χ0v) is 31.9. The average molecular weight is 691 g/mol. The lowest BCUT2D eigenvalue weighted by Crippen LogP contribution is -2.34. The molecule has 260 valence electrons. The quantitative estimate of drug-likeness (QED) is 0.119. The number of thiophene rings is 1. The number of aromatic nitrogens is 1. The summed E-state index contributed by atoms with van der Waals surface area (Å²) in [6.45, 7) is 18.4. The standard InChI is InChI=1S/C37H54N8OS2/c1-9-15-18-27(11-3)23-45(24-28(12-4)19-16-10-2)37-40-33(39-26(8)46)36(48-37)44-43-35-31(22-38)25(7)34(47-35)42-41-32-29(13-5)20-17-21-30(32)14-6/h17,20-21,27-28H,9-16,18-19,23-24H2,1-8H3,(H,39,46). The summed E-state index contributed by atoms with van der Waals surface area (Å²) in [6.07, 6.45) is 11.1. The Morgan fingerprint density at radius 2 is 1.44 bits per heavy atom. The molecule has 1 amide bonds. The van der Waals surface area contributed by atoms with Gasteiger partial charge in [-0.1, -0.05) is 121 Å². The van der Waals surface area contributed by atoms with Crippen LogP contribution in [0.5, 0.6) is 0 Å². The molecule has 0 saturated carbocycles. The van der Waals surface area contributed by atoms with E-state index in [9.17, 15) is 10.1 Å². The van der Waals surface area contributed by atoms with Crippen molar-refractivity contribution in [2.45, 2.75) is 120 Å². The maximum Gasteiger partial charge on any atom is 0.222 e. The lowest BCUT2D eigenvalue weighted by atomic mass is 9.96. The fourth-order valence-electron chi connectivity index (χ4n) is 5.75. The maximum absolute atomic E-state index is 12.2. The number of nitrogens with one attached hydrogen (secondary N) is 1. The summed E-state index contributed by atoms with van der Waals surface area (Å²) in [5.74, 6) is 1.30. The van der Waals surface area contributed by atoms with E-state index in [1.807, 2.05) is 6.92 Å². The first kappa shape index (κ1) is 39.0. The van der Waals surface area contributed by atoms with Crippen LogP contribution in [-0.2, 0) is 17.6 Å². The third kappa shape index (κ3) is 10.8. The minimum absolute atomic E-state index is 0.218. The van der Waals surface area contributed by atoms with E-state index in [0.29, 0.717) is 38.2 Å². The molecule has 0 radical (unpaired) electrons. The Kier molecular flexibility index (Phi) is 16.3. The molecule has 2 aromatic heterocycles. The molecular weight excluding hydrogens is 637 g/mol. The highest BCUT2D eigenvalue weighted by atomic mass is 32.1. The number of nitriles is 1. The minimum atomic E-state index is -0.218. The number of nitrogens with zero attached hydrogens (tertiary/aromatic N) is 7. The van der Waals surface area contributed by atoms with Crippen LogP contribution in [-0.4, -0.2) is 24.0 Å². The molecule has 1 N–H and O–H groups in total. The predicted molar refractivity (Wildman–Crippen MR) is 203 cm³/mol. The number of carbonyl (C=O) groups is 1. The summed E-state index contributed by atoms with van der Waals surface area (Å²) in [5.41, 5.74) is 4.31. The highest BCUT2D eigenvalue weighted by molar-refractivity contribution is 7.20. The molecule has 0 aliphatic carbocycles. The van der Waals surface area contributed by atoms with Gasteiger partial charge in [-0.3, -0.25) is 4.79 Å². The molecule has 0 fully saturated rings. The number of amides is 1. The molecule has 2 heterocycles. The Balaban J connectivity index is 2.01. The summed E-state index contributed by atoms with van der Waals surface area (Å²) in [5, 5.41) is 33.8. The van der Waals surface area contributed by atoms with Gasteiger partial charge in [0, 0.05) is 25.6 Å². The monoisotopic (exact) mass is 690 g/mol. The van der Waals surface area contributed by atoms with Crippen LogP contribution in [0.2, 0.25) is 0 Å². The van der Waals surface area contributed by atoms with Crippen molar-refractivity contribution in [2.24, 2.45) is 32.3 Å². The predicted octanol–water partition coefficient (Wildman–Crippen LogP) is 12.5. The Morgan fingerprint density at radius 3 is 1.94 bits per heavy atom. The van der Waals surface area contributed by atoms with Gasteiger partial charge in [-0.25, -0.2) is 4.98 Å². The van der Waals surface area contributed by atoms with Gasteiger partial charge in [0.05, 0.1) is 11.3 Å². The number of rotatable bonds is 20. The van der Waals surface area contributed by atoms with E-state index in [1.165, 1.54) is 68.1 Å². The number of hydrogen-bond donors (Lipinski definition) is 1. The normalized spacial score (nSPS) is 12.9. The minimum Gasteiger partial charge on any atom is -0.347 e. The molecule has 3 aromatic rings. The molecule has 3 rings (SSSR count). The lowest BCUT2D eigenvalue weighted by molar-refractivity contribution is -0.114. The molecule has 48 heavy (non-hydrogen) atoms. The third-order valence-electron chi connectivity index (χ3n) is 8.86. The van der Waals surface area contributed by atoms with Crippen molar-refractivity contribution in [1.29, 1.82) is 5.26 Å². The number of benzene rings is 1.